The molecule has 23 heavy (non-hydrogen) atoms. The first kappa shape index (κ1) is 16.2. The second-order valence-electron chi connectivity index (χ2n) is 7.32. The standard InChI is InChI=1S/C19H28N2O2/c1-4-5-13-23-18(22)21-12-11-20-10-9-19(2,3)16-8-6-7-15(14-21)17(16)20/h6-8H,4-5,9-14H2,1-3H3. The highest BCUT2D eigenvalue weighted by Crippen LogP contribution is 2.42. The summed E-state index contributed by atoms with van der Waals surface area (Å²) in [5.74, 6) is 0. The lowest BCUT2D eigenvalue weighted by Crippen LogP contribution is -2.40. The molecule has 1 amide bonds. The molecule has 2 aliphatic heterocycles. The van der Waals surface area contributed by atoms with E-state index in [4.69, 9.17) is 4.74 Å². The predicted molar refractivity (Wildman–Crippen MR) is 93.0 cm³/mol. The van der Waals surface area contributed by atoms with Crippen molar-refractivity contribution in [2.75, 3.05) is 31.1 Å². The number of carbonyl (C=O) groups is 1. The Labute approximate surface area is 139 Å². The highest BCUT2D eigenvalue weighted by atomic mass is 16.6. The molecule has 1 aromatic rings. The monoisotopic (exact) mass is 316 g/mol. The van der Waals surface area contributed by atoms with Crippen molar-refractivity contribution >= 4 is 11.8 Å². The molecule has 2 aliphatic rings. The van der Waals surface area contributed by atoms with Crippen LogP contribution in [-0.4, -0.2) is 37.2 Å². The number of nitrogens with zero attached hydrogens (tertiary/aromatic N) is 2. The summed E-state index contributed by atoms with van der Waals surface area (Å²) in [5.41, 5.74) is 4.23. The van der Waals surface area contributed by atoms with Gasteiger partial charge in [0.05, 0.1) is 13.2 Å². The molecule has 4 heteroatoms. The topological polar surface area (TPSA) is 32.8 Å². The maximum atomic E-state index is 12.3. The van der Waals surface area contributed by atoms with Gasteiger partial charge < -0.3 is 14.5 Å². The van der Waals surface area contributed by atoms with Crippen LogP contribution in [0.2, 0.25) is 0 Å². The van der Waals surface area contributed by atoms with Crippen LogP contribution in [0, 0.1) is 0 Å². The number of amides is 1. The number of hydrogen-bond acceptors (Lipinski definition) is 3. The summed E-state index contributed by atoms with van der Waals surface area (Å²) in [4.78, 5) is 16.7. The van der Waals surface area contributed by atoms with Gasteiger partial charge in [0.15, 0.2) is 0 Å². The minimum Gasteiger partial charge on any atom is -0.449 e. The number of benzene rings is 1. The second kappa shape index (κ2) is 6.42. The Hall–Kier alpha value is -1.71. The maximum absolute atomic E-state index is 12.3. The number of para-hydroxylation sites is 1. The smallest absolute Gasteiger partial charge is 0.410 e. The Balaban J connectivity index is 1.83. The van der Waals surface area contributed by atoms with Gasteiger partial charge in [0.2, 0.25) is 0 Å². The Morgan fingerprint density at radius 1 is 1.26 bits per heavy atom. The third kappa shape index (κ3) is 3.17. The summed E-state index contributed by atoms with van der Waals surface area (Å²) in [5, 5.41) is 0. The van der Waals surface area contributed by atoms with E-state index in [-0.39, 0.29) is 11.5 Å². The van der Waals surface area contributed by atoms with E-state index < -0.39 is 0 Å². The van der Waals surface area contributed by atoms with E-state index >= 15 is 0 Å². The highest BCUT2D eigenvalue weighted by molar-refractivity contribution is 5.70. The summed E-state index contributed by atoms with van der Waals surface area (Å²) < 4.78 is 5.42. The van der Waals surface area contributed by atoms with Crippen molar-refractivity contribution < 1.29 is 9.53 Å². The molecule has 0 saturated carbocycles. The van der Waals surface area contributed by atoms with Crippen molar-refractivity contribution in [2.24, 2.45) is 0 Å². The van der Waals surface area contributed by atoms with Gasteiger partial charge in [-0.15, -0.1) is 0 Å². The van der Waals surface area contributed by atoms with Crippen LogP contribution in [0.4, 0.5) is 10.5 Å². The molecule has 0 unspecified atom stereocenters. The van der Waals surface area contributed by atoms with Crippen LogP contribution in [-0.2, 0) is 16.7 Å². The van der Waals surface area contributed by atoms with Gasteiger partial charge in [0.25, 0.3) is 0 Å². The Morgan fingerprint density at radius 3 is 2.87 bits per heavy atom. The summed E-state index contributed by atoms with van der Waals surface area (Å²) in [7, 11) is 0. The lowest BCUT2D eigenvalue weighted by Gasteiger charge is -2.40. The fourth-order valence-electron chi connectivity index (χ4n) is 3.60. The molecular formula is C19H28N2O2. The highest BCUT2D eigenvalue weighted by Gasteiger charge is 2.35. The molecule has 0 radical (unpaired) electrons. The van der Waals surface area contributed by atoms with Gasteiger partial charge in [-0.2, -0.15) is 0 Å². The van der Waals surface area contributed by atoms with Crippen LogP contribution in [0.3, 0.4) is 0 Å². The minimum atomic E-state index is -0.171. The summed E-state index contributed by atoms with van der Waals surface area (Å²) in [6.45, 7) is 10.6. The number of unbranched alkanes of at least 4 members (excludes halogenated alkanes) is 1. The summed E-state index contributed by atoms with van der Waals surface area (Å²) in [6.07, 6.45) is 2.96. The van der Waals surface area contributed by atoms with Crippen LogP contribution >= 0.6 is 0 Å². The molecule has 0 spiro atoms. The van der Waals surface area contributed by atoms with Crippen LogP contribution < -0.4 is 4.90 Å². The van der Waals surface area contributed by atoms with Crippen LogP contribution in [0.15, 0.2) is 18.2 Å². The van der Waals surface area contributed by atoms with E-state index in [1.54, 1.807) is 0 Å². The first-order valence-corrected chi connectivity index (χ1v) is 8.82. The second-order valence-corrected chi connectivity index (χ2v) is 7.32. The van der Waals surface area contributed by atoms with Crippen molar-refractivity contribution in [3.63, 3.8) is 0 Å². The SMILES string of the molecule is CCCCOC(=O)N1CCN2CCC(C)(C)c3cccc(c32)C1. The first-order chi connectivity index (χ1) is 11.0. The number of ether oxygens (including phenoxy) is 1. The summed E-state index contributed by atoms with van der Waals surface area (Å²) in [6, 6.07) is 6.54. The Morgan fingerprint density at radius 2 is 2.09 bits per heavy atom. The van der Waals surface area contributed by atoms with Crippen LogP contribution in [0.1, 0.15) is 51.2 Å². The third-order valence-corrected chi connectivity index (χ3v) is 5.15. The molecule has 2 heterocycles. The molecular weight excluding hydrogens is 288 g/mol. The van der Waals surface area contributed by atoms with Crippen LogP contribution in [0.25, 0.3) is 0 Å². The van der Waals surface area contributed by atoms with Crippen molar-refractivity contribution in [2.45, 2.75) is 52.0 Å². The van der Waals surface area contributed by atoms with Gasteiger partial charge in [0.1, 0.15) is 0 Å². The molecule has 0 fully saturated rings. The van der Waals surface area contributed by atoms with E-state index in [0.29, 0.717) is 13.2 Å². The van der Waals surface area contributed by atoms with Crippen LogP contribution in [0.5, 0.6) is 0 Å². The molecule has 0 saturated heterocycles. The zero-order valence-corrected chi connectivity index (χ0v) is 14.6. The fourth-order valence-corrected chi connectivity index (χ4v) is 3.60. The van der Waals surface area contributed by atoms with E-state index in [1.807, 2.05) is 4.90 Å². The maximum Gasteiger partial charge on any atom is 0.410 e. The van der Waals surface area contributed by atoms with Crippen molar-refractivity contribution in [1.29, 1.82) is 0 Å². The fraction of sp³-hybridized carbons (Fsp3) is 0.632. The molecule has 4 nitrogen and oxygen atoms in total. The number of carbonyl (C=O) groups excluding carboxylic acids is 1. The van der Waals surface area contributed by atoms with Crippen molar-refractivity contribution in [1.82, 2.24) is 4.90 Å². The average Bonchev–Trinajstić information content (AvgIpc) is 2.72. The largest absolute Gasteiger partial charge is 0.449 e. The number of rotatable bonds is 3. The van der Waals surface area contributed by atoms with E-state index in [1.165, 1.54) is 16.8 Å². The number of anilines is 1. The van der Waals surface area contributed by atoms with E-state index in [2.05, 4.69) is 43.9 Å². The molecule has 3 rings (SSSR count). The third-order valence-electron chi connectivity index (χ3n) is 5.15. The quantitative estimate of drug-likeness (QED) is 0.792. The van der Waals surface area contributed by atoms with Gasteiger partial charge in [0, 0.05) is 25.3 Å². The molecule has 0 bridgehead atoms. The number of hydrogen-bond donors (Lipinski definition) is 0. The van der Waals surface area contributed by atoms with E-state index in [0.717, 1.165) is 38.9 Å². The van der Waals surface area contributed by atoms with Crippen molar-refractivity contribution in [3.8, 4) is 0 Å². The lowest BCUT2D eigenvalue weighted by molar-refractivity contribution is 0.100. The first-order valence-electron chi connectivity index (χ1n) is 8.82. The van der Waals surface area contributed by atoms with Gasteiger partial charge >= 0.3 is 6.09 Å². The summed E-state index contributed by atoms with van der Waals surface area (Å²) >= 11 is 0. The molecule has 0 atom stereocenters. The molecule has 0 aliphatic carbocycles. The van der Waals surface area contributed by atoms with Crippen molar-refractivity contribution in [3.05, 3.63) is 29.3 Å². The Kier molecular flexibility index (Phi) is 4.51. The molecule has 1 aromatic carbocycles. The van der Waals surface area contributed by atoms with Gasteiger partial charge in [-0.1, -0.05) is 45.4 Å². The zero-order valence-electron chi connectivity index (χ0n) is 14.6. The van der Waals surface area contributed by atoms with Gasteiger partial charge in [-0.25, -0.2) is 4.79 Å². The predicted octanol–water partition coefficient (Wildman–Crippen LogP) is 3.93. The average molecular weight is 316 g/mol. The molecule has 126 valence electrons. The van der Waals surface area contributed by atoms with Gasteiger partial charge in [-0.05, 0) is 29.4 Å². The molecule has 0 aromatic heterocycles. The van der Waals surface area contributed by atoms with E-state index in [9.17, 15) is 4.79 Å². The minimum absolute atomic E-state index is 0.171. The lowest BCUT2D eigenvalue weighted by atomic mass is 9.77. The molecule has 0 N–H and O–H groups in total. The zero-order chi connectivity index (χ0) is 16.4. The normalized spacial score (nSPS) is 19.1. The Bertz CT molecular complexity index is 583. The van der Waals surface area contributed by atoms with Gasteiger partial charge in [-0.3, -0.25) is 0 Å².